The first-order valence-electron chi connectivity index (χ1n) is 5.55. The highest BCUT2D eigenvalue weighted by Crippen LogP contribution is 2.15. The fourth-order valence-corrected chi connectivity index (χ4v) is 1.83. The molecule has 0 bridgehead atoms. The van der Waals surface area contributed by atoms with Crippen LogP contribution in [0.5, 0.6) is 0 Å². The van der Waals surface area contributed by atoms with Crippen LogP contribution < -0.4 is 5.32 Å². The van der Waals surface area contributed by atoms with Gasteiger partial charge in [0.05, 0.1) is 6.10 Å². The molecule has 0 radical (unpaired) electrons. The summed E-state index contributed by atoms with van der Waals surface area (Å²) in [6.45, 7) is 6.20. The van der Waals surface area contributed by atoms with E-state index in [1.54, 1.807) is 6.08 Å². The first-order chi connectivity index (χ1) is 8.08. The molecule has 1 fully saturated rings. The second-order valence-electron chi connectivity index (χ2n) is 4.08. The van der Waals surface area contributed by atoms with Crippen molar-refractivity contribution in [1.82, 2.24) is 10.2 Å². The molecular weight excluding hydrogens is 220 g/mol. The van der Waals surface area contributed by atoms with Crippen LogP contribution >= 0.6 is 0 Å². The van der Waals surface area contributed by atoms with Gasteiger partial charge in [-0.15, -0.1) is 0 Å². The molecule has 0 unspecified atom stereocenters. The van der Waals surface area contributed by atoms with E-state index in [4.69, 9.17) is 0 Å². The molecule has 1 saturated heterocycles. The molecule has 0 spiro atoms. The van der Waals surface area contributed by atoms with Gasteiger partial charge in [0.25, 0.3) is 0 Å². The van der Waals surface area contributed by atoms with Crippen molar-refractivity contribution < 1.29 is 14.7 Å². The Kier molecular flexibility index (Phi) is 4.90. The Bertz CT molecular complexity index is 339. The molecular formula is C12H18N2O3. The Morgan fingerprint density at radius 3 is 2.94 bits per heavy atom. The van der Waals surface area contributed by atoms with Crippen LogP contribution in [0, 0.1) is 0 Å². The number of β-amino-alcohol motifs (C(OH)–C–C–N with tert-alkyl or cyclic N) is 1. The zero-order valence-corrected chi connectivity index (χ0v) is 9.93. The van der Waals surface area contributed by atoms with Gasteiger partial charge in [-0.2, -0.15) is 0 Å². The molecule has 2 atom stereocenters. The van der Waals surface area contributed by atoms with Gasteiger partial charge in [-0.05, 0) is 12.5 Å². The van der Waals surface area contributed by atoms with Crippen LogP contribution in [0.1, 0.15) is 13.3 Å². The highest BCUT2D eigenvalue weighted by atomic mass is 16.3. The Morgan fingerprint density at radius 1 is 1.65 bits per heavy atom. The highest BCUT2D eigenvalue weighted by molar-refractivity contribution is 5.84. The zero-order valence-electron chi connectivity index (χ0n) is 9.93. The highest BCUT2D eigenvalue weighted by Gasteiger charge is 2.34. The number of aliphatic hydroxyl groups excluding tert-OH is 1. The molecule has 1 aliphatic heterocycles. The molecule has 0 aromatic rings. The molecule has 1 heterocycles. The lowest BCUT2D eigenvalue weighted by atomic mass is 10.2. The minimum atomic E-state index is -0.616. The van der Waals surface area contributed by atoms with Crippen molar-refractivity contribution >= 4 is 12.3 Å². The van der Waals surface area contributed by atoms with Crippen LogP contribution in [0.2, 0.25) is 0 Å². The van der Waals surface area contributed by atoms with Crippen molar-refractivity contribution in [2.24, 2.45) is 0 Å². The summed E-state index contributed by atoms with van der Waals surface area (Å²) < 4.78 is 0. The van der Waals surface area contributed by atoms with E-state index in [1.807, 2.05) is 13.0 Å². The molecule has 94 valence electrons. The SMILES string of the molecule is C=C(/C=C\C)CNC(=O)[C@@H]1C[C@@H](O)CN1C=O. The lowest BCUT2D eigenvalue weighted by molar-refractivity contribution is -0.130. The summed E-state index contributed by atoms with van der Waals surface area (Å²) >= 11 is 0. The topological polar surface area (TPSA) is 69.6 Å². The number of nitrogens with one attached hydrogen (secondary N) is 1. The number of hydrogen-bond acceptors (Lipinski definition) is 3. The van der Waals surface area contributed by atoms with Crippen LogP contribution in [-0.4, -0.2) is 47.6 Å². The van der Waals surface area contributed by atoms with Gasteiger partial charge in [-0.25, -0.2) is 0 Å². The minimum absolute atomic E-state index is 0.220. The average molecular weight is 238 g/mol. The van der Waals surface area contributed by atoms with E-state index in [-0.39, 0.29) is 12.5 Å². The third-order valence-corrected chi connectivity index (χ3v) is 2.65. The number of aliphatic hydroxyl groups is 1. The normalized spacial score (nSPS) is 24.0. The summed E-state index contributed by atoms with van der Waals surface area (Å²) in [5, 5.41) is 12.1. The number of carbonyl (C=O) groups excluding carboxylic acids is 2. The molecule has 0 saturated carbocycles. The van der Waals surface area contributed by atoms with Gasteiger partial charge in [-0.3, -0.25) is 9.59 Å². The number of nitrogens with zero attached hydrogens (tertiary/aromatic N) is 1. The van der Waals surface area contributed by atoms with Gasteiger partial charge in [-0.1, -0.05) is 18.7 Å². The van der Waals surface area contributed by atoms with Crippen molar-refractivity contribution in [3.8, 4) is 0 Å². The van der Waals surface area contributed by atoms with Crippen LogP contribution in [0.4, 0.5) is 0 Å². The van der Waals surface area contributed by atoms with Gasteiger partial charge >= 0.3 is 0 Å². The smallest absolute Gasteiger partial charge is 0.243 e. The first kappa shape index (κ1) is 13.4. The summed E-state index contributed by atoms with van der Waals surface area (Å²) in [6.07, 6.45) is 3.92. The number of likely N-dealkylation sites (tertiary alicyclic amines) is 1. The van der Waals surface area contributed by atoms with Crippen molar-refractivity contribution in [3.63, 3.8) is 0 Å². The average Bonchev–Trinajstić information content (AvgIpc) is 2.68. The predicted molar refractivity (Wildman–Crippen MR) is 64.1 cm³/mol. The van der Waals surface area contributed by atoms with E-state index in [0.717, 1.165) is 5.57 Å². The third-order valence-electron chi connectivity index (χ3n) is 2.65. The predicted octanol–water partition coefficient (Wildman–Crippen LogP) is -0.174. The monoisotopic (exact) mass is 238 g/mol. The number of carbonyl (C=O) groups is 2. The summed E-state index contributed by atoms with van der Waals surface area (Å²) in [7, 11) is 0. The van der Waals surface area contributed by atoms with Gasteiger partial charge in [0.15, 0.2) is 0 Å². The molecule has 1 rings (SSSR count). The molecule has 0 aliphatic carbocycles. The summed E-state index contributed by atoms with van der Waals surface area (Å²) in [6, 6.07) is -0.569. The molecule has 0 aromatic heterocycles. The third kappa shape index (κ3) is 3.71. The molecule has 0 aromatic carbocycles. The molecule has 1 aliphatic rings. The molecule has 5 heteroatoms. The number of hydrogen-bond donors (Lipinski definition) is 2. The second-order valence-corrected chi connectivity index (χ2v) is 4.08. The minimum Gasteiger partial charge on any atom is -0.391 e. The van der Waals surface area contributed by atoms with Crippen LogP contribution in [-0.2, 0) is 9.59 Å². The standard InChI is InChI=1S/C12H18N2O3/c1-3-4-9(2)6-13-12(17)11-5-10(16)7-14(11)8-15/h3-4,8,10-11,16H,2,5-7H2,1H3,(H,13,17)/b4-3-/t10-,11+/m1/s1. The molecule has 17 heavy (non-hydrogen) atoms. The Labute approximate surface area is 101 Å². The van der Waals surface area contributed by atoms with Gasteiger partial charge in [0.2, 0.25) is 12.3 Å². The molecule has 5 nitrogen and oxygen atoms in total. The maximum absolute atomic E-state index is 11.8. The molecule has 2 amide bonds. The van der Waals surface area contributed by atoms with Crippen LogP contribution in [0.15, 0.2) is 24.3 Å². The Hall–Kier alpha value is -1.62. The lowest BCUT2D eigenvalue weighted by Crippen LogP contribution is -2.43. The van der Waals surface area contributed by atoms with Crippen molar-refractivity contribution in [2.45, 2.75) is 25.5 Å². The number of amides is 2. The zero-order chi connectivity index (χ0) is 12.8. The fourth-order valence-electron chi connectivity index (χ4n) is 1.83. The quantitative estimate of drug-likeness (QED) is 0.516. The maximum atomic E-state index is 11.8. The fraction of sp³-hybridized carbons (Fsp3) is 0.500. The van der Waals surface area contributed by atoms with Gasteiger partial charge in [0.1, 0.15) is 6.04 Å². The van der Waals surface area contributed by atoms with Gasteiger partial charge in [0, 0.05) is 19.5 Å². The van der Waals surface area contributed by atoms with E-state index in [0.29, 0.717) is 19.4 Å². The van der Waals surface area contributed by atoms with Crippen molar-refractivity contribution in [3.05, 3.63) is 24.3 Å². The number of rotatable bonds is 5. The van der Waals surface area contributed by atoms with E-state index in [9.17, 15) is 14.7 Å². The van der Waals surface area contributed by atoms with Crippen LogP contribution in [0.25, 0.3) is 0 Å². The van der Waals surface area contributed by atoms with E-state index >= 15 is 0 Å². The van der Waals surface area contributed by atoms with Crippen LogP contribution in [0.3, 0.4) is 0 Å². The van der Waals surface area contributed by atoms with Gasteiger partial charge < -0.3 is 15.3 Å². The van der Waals surface area contributed by atoms with Crippen molar-refractivity contribution in [2.75, 3.05) is 13.1 Å². The van der Waals surface area contributed by atoms with E-state index < -0.39 is 12.1 Å². The maximum Gasteiger partial charge on any atom is 0.243 e. The summed E-state index contributed by atoms with van der Waals surface area (Å²) in [5.74, 6) is -0.251. The summed E-state index contributed by atoms with van der Waals surface area (Å²) in [5.41, 5.74) is 0.789. The lowest BCUT2D eigenvalue weighted by Gasteiger charge is -2.18. The van der Waals surface area contributed by atoms with E-state index in [1.165, 1.54) is 4.90 Å². The van der Waals surface area contributed by atoms with E-state index in [2.05, 4.69) is 11.9 Å². The number of allylic oxidation sites excluding steroid dienone is 1. The second kappa shape index (κ2) is 6.20. The largest absolute Gasteiger partial charge is 0.391 e. The van der Waals surface area contributed by atoms with Crippen molar-refractivity contribution in [1.29, 1.82) is 0 Å². The summed E-state index contributed by atoms with van der Waals surface area (Å²) in [4.78, 5) is 23.8. The Balaban J connectivity index is 2.47. The Morgan fingerprint density at radius 2 is 2.35 bits per heavy atom. The molecule has 2 N–H and O–H groups in total. The first-order valence-corrected chi connectivity index (χ1v) is 5.55.